The maximum absolute atomic E-state index is 7.27. The van der Waals surface area contributed by atoms with E-state index in [0.29, 0.717) is 10.9 Å². The molecule has 164 valence electrons. The second kappa shape index (κ2) is 10.2. The van der Waals surface area contributed by atoms with E-state index >= 15 is 0 Å². The van der Waals surface area contributed by atoms with Crippen molar-refractivity contribution in [2.24, 2.45) is 17.3 Å². The average Bonchev–Trinajstić information content (AvgIpc) is 3.38. The Labute approximate surface area is 192 Å². The third kappa shape index (κ3) is 4.53. The summed E-state index contributed by atoms with van der Waals surface area (Å²) in [7, 11) is 1.66. The van der Waals surface area contributed by atoms with Crippen LogP contribution in [0.15, 0.2) is 34.5 Å². The van der Waals surface area contributed by atoms with E-state index in [4.69, 9.17) is 18.1 Å². The monoisotopic (exact) mass is 446 g/mol. The molecule has 3 rings (SSSR count). The molecule has 0 bridgehead atoms. The summed E-state index contributed by atoms with van der Waals surface area (Å²) in [5, 5.41) is 10.3. The van der Waals surface area contributed by atoms with Gasteiger partial charge in [-0.3, -0.25) is 0 Å². The smallest absolute Gasteiger partial charge is 0.373 e. The van der Waals surface area contributed by atoms with Gasteiger partial charge in [-0.2, -0.15) is 0 Å². The van der Waals surface area contributed by atoms with Crippen LogP contribution in [-0.2, 0) is 7.05 Å². The lowest BCUT2D eigenvalue weighted by atomic mass is 9.97. The number of imidazole rings is 1. The fourth-order valence-corrected chi connectivity index (χ4v) is 4.27. The Morgan fingerprint density at radius 1 is 1.06 bits per heavy atom. The lowest BCUT2D eigenvalue weighted by molar-refractivity contribution is 0.734. The summed E-state index contributed by atoms with van der Waals surface area (Å²) >= 11 is 1.47. The molecule has 0 radical (unpaired) electrons. The molecule has 8 nitrogen and oxygen atoms in total. The molecule has 0 aliphatic rings. The maximum Gasteiger partial charge on any atom is 0.416 e. The van der Waals surface area contributed by atoms with E-state index < -0.39 is 0 Å². The summed E-state index contributed by atoms with van der Waals surface area (Å²) in [6.45, 7) is 24.8. The third-order valence-corrected chi connectivity index (χ3v) is 6.46. The van der Waals surface area contributed by atoms with Crippen molar-refractivity contribution in [1.82, 2.24) is 14.5 Å². The molecule has 2 aromatic heterocycles. The van der Waals surface area contributed by atoms with Gasteiger partial charge in [-0.05, 0) is 31.7 Å². The lowest BCUT2D eigenvalue weighted by Gasteiger charge is -2.16. The molecule has 1 unspecified atom stereocenters. The molecule has 3 aromatic rings. The molecule has 1 atom stereocenters. The van der Waals surface area contributed by atoms with Gasteiger partial charge in [-0.25, -0.2) is 9.55 Å². The van der Waals surface area contributed by atoms with Crippen LogP contribution in [0.2, 0.25) is 0 Å². The molecule has 32 heavy (non-hydrogen) atoms. The molecule has 0 spiro atoms. The lowest BCUT2D eigenvalue weighted by Crippen LogP contribution is -2.21. The Kier molecular flexibility index (Phi) is 7.34. The topological polar surface area (TPSA) is 67.4 Å². The normalized spacial score (nSPS) is 12.0. The van der Waals surface area contributed by atoms with Crippen LogP contribution in [0.25, 0.3) is 20.9 Å². The van der Waals surface area contributed by atoms with Gasteiger partial charge in [0.15, 0.2) is 10.1 Å². The van der Waals surface area contributed by atoms with Crippen LogP contribution in [0.4, 0.5) is 27.7 Å². The van der Waals surface area contributed by atoms with Crippen molar-refractivity contribution < 1.29 is 0 Å². The highest BCUT2D eigenvalue weighted by molar-refractivity contribution is 7.19. The fraction of sp³-hybridized carbons (Fsp3) is 0.391. The van der Waals surface area contributed by atoms with Gasteiger partial charge in [0, 0.05) is 18.7 Å². The highest BCUT2D eigenvalue weighted by atomic mass is 32.1. The van der Waals surface area contributed by atoms with Gasteiger partial charge in [0.25, 0.3) is 11.6 Å². The minimum Gasteiger partial charge on any atom is -0.373 e. The van der Waals surface area contributed by atoms with Crippen LogP contribution in [0, 0.1) is 13.1 Å². The Balaban J connectivity index is 2.05. The molecular weight excluding hydrogens is 420 g/mol. The first-order valence-electron chi connectivity index (χ1n) is 10.6. The number of benzene rings is 1. The zero-order valence-corrected chi connectivity index (χ0v) is 19.8. The Morgan fingerprint density at radius 3 is 2.28 bits per heavy atom. The molecule has 0 amide bonds. The molecule has 0 N–H and O–H groups in total. The van der Waals surface area contributed by atoms with Crippen molar-refractivity contribution in [2.45, 2.75) is 40.0 Å². The van der Waals surface area contributed by atoms with E-state index in [-0.39, 0.29) is 17.6 Å². The van der Waals surface area contributed by atoms with E-state index in [1.165, 1.54) is 21.5 Å². The highest BCUT2D eigenvalue weighted by Gasteiger charge is 2.21. The number of hydrogen-bond acceptors (Lipinski definition) is 6. The number of nitrogens with zero attached hydrogens (tertiary/aromatic N) is 8. The number of aromatic nitrogens is 3. The number of rotatable bonds is 8. The second-order valence-electron chi connectivity index (χ2n) is 7.30. The highest BCUT2D eigenvalue weighted by Crippen LogP contribution is 2.41. The quantitative estimate of drug-likeness (QED) is 0.267. The summed E-state index contributed by atoms with van der Waals surface area (Å²) in [5.74, 6) is 0.910. The van der Waals surface area contributed by atoms with Crippen molar-refractivity contribution in [3.8, 4) is 11.3 Å². The molecule has 9 heteroatoms. The molecule has 0 aliphatic carbocycles. The van der Waals surface area contributed by atoms with Crippen LogP contribution >= 0.6 is 11.3 Å². The molecule has 1 aromatic carbocycles. The minimum atomic E-state index is 0.0328. The van der Waals surface area contributed by atoms with Gasteiger partial charge < -0.3 is 14.6 Å². The van der Waals surface area contributed by atoms with Crippen molar-refractivity contribution in [2.75, 3.05) is 18.0 Å². The molecular formula is C23H26N8S. The molecule has 0 saturated carbocycles. The van der Waals surface area contributed by atoms with Crippen molar-refractivity contribution in [1.29, 1.82) is 0 Å². The Hall–Kier alpha value is -3.56. The van der Waals surface area contributed by atoms with E-state index in [2.05, 4.69) is 81.8 Å². The van der Waals surface area contributed by atoms with Crippen LogP contribution < -0.4 is 4.90 Å². The standard InChI is InChI=1S/C23H26N8S/c1-8-15(4)16-11-13-17(14-12-16)18-21(32-23(26-18)31(9-2)10-3)28-29-22-27-19(24-5)20(25-6)30(22)7/h11-15H,8-10H2,1-4,7H3. The Bertz CT molecular complexity index is 1190. The van der Waals surface area contributed by atoms with Crippen molar-refractivity contribution in [3.63, 3.8) is 0 Å². The number of hydrogen-bond donors (Lipinski definition) is 0. The minimum absolute atomic E-state index is 0.0328. The van der Waals surface area contributed by atoms with Gasteiger partial charge in [0.1, 0.15) is 5.69 Å². The summed E-state index contributed by atoms with van der Waals surface area (Å²) in [5.41, 5.74) is 3.04. The average molecular weight is 447 g/mol. The largest absolute Gasteiger partial charge is 0.416 e. The fourth-order valence-electron chi connectivity index (χ4n) is 3.24. The predicted molar refractivity (Wildman–Crippen MR) is 130 cm³/mol. The van der Waals surface area contributed by atoms with Gasteiger partial charge >= 0.3 is 5.95 Å². The van der Waals surface area contributed by atoms with Gasteiger partial charge in [0.05, 0.1) is 7.05 Å². The van der Waals surface area contributed by atoms with Crippen molar-refractivity contribution >= 4 is 39.1 Å². The zero-order chi connectivity index (χ0) is 23.3. The van der Waals surface area contributed by atoms with Gasteiger partial charge in [0.2, 0.25) is 0 Å². The van der Waals surface area contributed by atoms with E-state index in [0.717, 1.165) is 35.9 Å². The molecule has 2 heterocycles. The summed E-state index contributed by atoms with van der Waals surface area (Å²) in [4.78, 5) is 17.9. The summed E-state index contributed by atoms with van der Waals surface area (Å²) in [6.07, 6.45) is 1.09. The van der Waals surface area contributed by atoms with Crippen LogP contribution in [0.1, 0.15) is 45.6 Å². The number of azo groups is 1. The first-order chi connectivity index (χ1) is 15.5. The second-order valence-corrected chi connectivity index (χ2v) is 8.25. The molecule has 0 fully saturated rings. The van der Waals surface area contributed by atoms with E-state index in [1.54, 1.807) is 7.05 Å². The molecule has 0 saturated heterocycles. The van der Waals surface area contributed by atoms with Gasteiger partial charge in [-0.15, -0.1) is 5.11 Å². The van der Waals surface area contributed by atoms with E-state index in [9.17, 15) is 0 Å². The first-order valence-corrected chi connectivity index (χ1v) is 11.4. The Morgan fingerprint density at radius 2 is 1.75 bits per heavy atom. The van der Waals surface area contributed by atoms with Crippen molar-refractivity contribution in [3.05, 3.63) is 52.7 Å². The van der Waals surface area contributed by atoms with Crippen LogP contribution in [0.3, 0.4) is 0 Å². The first kappa shape index (κ1) is 23.1. The zero-order valence-electron chi connectivity index (χ0n) is 19.0. The van der Waals surface area contributed by atoms with Crippen LogP contribution in [-0.4, -0.2) is 27.6 Å². The number of thiazole rings is 1. The van der Waals surface area contributed by atoms with Crippen LogP contribution in [0.5, 0.6) is 0 Å². The third-order valence-electron chi connectivity index (χ3n) is 5.46. The summed E-state index contributed by atoms with van der Waals surface area (Å²) in [6, 6.07) is 8.44. The SMILES string of the molecule is [C-]#[N+]c1nc(N=Nc2sc(N(CC)CC)nc2-c2ccc(C(C)CC)cc2)n(C)c1[N+]#[C-]. The van der Waals surface area contributed by atoms with E-state index in [1.807, 2.05) is 0 Å². The molecule has 0 aliphatic heterocycles. The van der Waals surface area contributed by atoms with Gasteiger partial charge in [-0.1, -0.05) is 72.7 Å². The number of anilines is 1. The maximum atomic E-state index is 7.27. The summed E-state index contributed by atoms with van der Waals surface area (Å²) < 4.78 is 1.48. The predicted octanol–water partition coefficient (Wildman–Crippen LogP) is 7.42.